The maximum Gasteiger partial charge on any atom is 0.308 e. The summed E-state index contributed by atoms with van der Waals surface area (Å²) in [6.07, 6.45) is 2.36. The van der Waals surface area contributed by atoms with Gasteiger partial charge in [-0.2, -0.15) is 0 Å². The van der Waals surface area contributed by atoms with Crippen molar-refractivity contribution in [2.24, 2.45) is 5.92 Å². The number of carbonyl (C=O) groups is 2. The molecule has 0 aromatic heterocycles. The Labute approximate surface area is 175 Å². The van der Waals surface area contributed by atoms with Crippen molar-refractivity contribution in [2.75, 3.05) is 13.1 Å². The second-order valence-corrected chi connectivity index (χ2v) is 8.96. The van der Waals surface area contributed by atoms with E-state index in [0.717, 1.165) is 22.9 Å². The van der Waals surface area contributed by atoms with E-state index in [4.69, 9.17) is 4.74 Å². The van der Waals surface area contributed by atoms with Crippen LogP contribution in [0.1, 0.15) is 37.0 Å². The lowest BCUT2D eigenvalue weighted by Crippen LogP contribution is -2.62. The van der Waals surface area contributed by atoms with Crippen molar-refractivity contribution in [2.45, 2.75) is 48.6 Å². The third kappa shape index (κ3) is 4.65. The quantitative estimate of drug-likeness (QED) is 0.597. The Morgan fingerprint density at radius 3 is 2.45 bits per heavy atom. The van der Waals surface area contributed by atoms with E-state index in [9.17, 15) is 9.59 Å². The fraction of sp³-hybridized carbons (Fsp3) is 0.391. The first kappa shape index (κ1) is 20.0. The second kappa shape index (κ2) is 8.59. The predicted molar refractivity (Wildman–Crippen MR) is 113 cm³/mol. The third-order valence-corrected chi connectivity index (χ3v) is 6.89. The van der Waals surface area contributed by atoms with Crippen molar-refractivity contribution in [1.82, 2.24) is 10.2 Å². The van der Waals surface area contributed by atoms with Crippen LogP contribution in [0.4, 0.5) is 0 Å². The van der Waals surface area contributed by atoms with Gasteiger partial charge in [0.2, 0.25) is 0 Å². The number of esters is 1. The van der Waals surface area contributed by atoms with Gasteiger partial charge in [0.15, 0.2) is 0 Å². The van der Waals surface area contributed by atoms with Crippen LogP contribution in [0.15, 0.2) is 58.3 Å². The Balaban J connectivity index is 1.39. The van der Waals surface area contributed by atoms with E-state index in [1.807, 2.05) is 42.5 Å². The lowest BCUT2D eigenvalue weighted by atomic mass is 9.79. The number of piperidine rings is 3. The van der Waals surface area contributed by atoms with Gasteiger partial charge >= 0.3 is 5.97 Å². The minimum atomic E-state index is -0.333. The highest BCUT2D eigenvalue weighted by molar-refractivity contribution is 7.99. The number of nitrogens with one attached hydrogen (secondary N) is 1. The van der Waals surface area contributed by atoms with Gasteiger partial charge in [0.05, 0.1) is 0 Å². The second-order valence-electron chi connectivity index (χ2n) is 7.81. The summed E-state index contributed by atoms with van der Waals surface area (Å²) < 4.78 is 5.14. The molecule has 2 atom stereocenters. The van der Waals surface area contributed by atoms with E-state index >= 15 is 0 Å². The fourth-order valence-corrected chi connectivity index (χ4v) is 5.22. The number of hydrogen-bond acceptors (Lipinski definition) is 5. The molecule has 1 amide bonds. The molecule has 3 heterocycles. The molecule has 0 aliphatic carbocycles. The zero-order chi connectivity index (χ0) is 20.4. The van der Waals surface area contributed by atoms with E-state index in [-0.39, 0.29) is 17.9 Å². The molecule has 3 aliphatic rings. The molecule has 5 nitrogen and oxygen atoms in total. The summed E-state index contributed by atoms with van der Waals surface area (Å²) in [6.45, 7) is 5.92. The Morgan fingerprint density at radius 2 is 1.79 bits per heavy atom. The van der Waals surface area contributed by atoms with Gasteiger partial charge in [0.1, 0.15) is 5.75 Å². The minimum absolute atomic E-state index is 0.00371. The van der Waals surface area contributed by atoms with Gasteiger partial charge in [0.25, 0.3) is 5.91 Å². The molecule has 29 heavy (non-hydrogen) atoms. The Morgan fingerprint density at radius 1 is 1.07 bits per heavy atom. The number of nitrogens with zero attached hydrogens (tertiary/aromatic N) is 1. The predicted octanol–water partition coefficient (Wildman–Crippen LogP) is 3.98. The third-order valence-electron chi connectivity index (χ3n) is 5.89. The molecule has 0 saturated carbocycles. The van der Waals surface area contributed by atoms with Crippen LogP contribution in [0.3, 0.4) is 0 Å². The molecular formula is C23H26N2O3S. The smallest absolute Gasteiger partial charge is 0.308 e. The van der Waals surface area contributed by atoms with E-state index < -0.39 is 0 Å². The number of benzene rings is 2. The molecule has 5 rings (SSSR count). The molecule has 0 unspecified atom stereocenters. The first-order valence-electron chi connectivity index (χ1n) is 10.1. The Kier molecular flexibility index (Phi) is 5.92. The summed E-state index contributed by atoms with van der Waals surface area (Å²) in [5.74, 6) is 0.798. The lowest BCUT2D eigenvalue weighted by Gasteiger charge is -2.49. The van der Waals surface area contributed by atoms with Crippen LogP contribution in [0.25, 0.3) is 0 Å². The monoisotopic (exact) mass is 410 g/mol. The number of carbonyl (C=O) groups excluding carboxylic acids is 2. The van der Waals surface area contributed by atoms with Crippen LogP contribution in [0.2, 0.25) is 0 Å². The fourth-order valence-electron chi connectivity index (χ4n) is 4.36. The summed E-state index contributed by atoms with van der Waals surface area (Å²) in [5, 5.41) is 3.28. The zero-order valence-electron chi connectivity index (χ0n) is 16.8. The highest BCUT2D eigenvalue weighted by Crippen LogP contribution is 2.33. The standard InChI is InChI=1S/C23H26N2O3S/c1-15-22(17-10-12-25(15)13-11-17)24-23(27)18-6-8-20(9-7-18)29-21-5-3-4-19(14-21)28-16(2)26/h3-9,14-15,17,22H,10-13H2,1-2H3,(H,24,27)/t15-,22-/m0/s1. The van der Waals surface area contributed by atoms with Gasteiger partial charge in [-0.1, -0.05) is 17.8 Å². The Hall–Kier alpha value is -2.31. The molecule has 6 heteroatoms. The molecule has 2 bridgehead atoms. The summed E-state index contributed by atoms with van der Waals surface area (Å²) >= 11 is 1.57. The average molecular weight is 411 g/mol. The summed E-state index contributed by atoms with van der Waals surface area (Å²) in [7, 11) is 0. The Bertz CT molecular complexity index is 889. The van der Waals surface area contributed by atoms with Gasteiger partial charge in [-0.3, -0.25) is 14.5 Å². The normalized spacial score (nSPS) is 25.4. The average Bonchev–Trinajstić information content (AvgIpc) is 2.71. The van der Waals surface area contributed by atoms with Gasteiger partial charge in [-0.05, 0) is 81.2 Å². The molecule has 2 aromatic rings. The van der Waals surface area contributed by atoms with Crippen molar-refractivity contribution < 1.29 is 14.3 Å². The number of amides is 1. The maximum absolute atomic E-state index is 12.8. The van der Waals surface area contributed by atoms with Crippen molar-refractivity contribution in [3.63, 3.8) is 0 Å². The molecule has 0 radical (unpaired) electrons. The largest absolute Gasteiger partial charge is 0.427 e. The van der Waals surface area contributed by atoms with Gasteiger partial charge in [0, 0.05) is 34.4 Å². The summed E-state index contributed by atoms with van der Waals surface area (Å²) in [5.41, 5.74) is 0.687. The number of hydrogen-bond donors (Lipinski definition) is 1. The van der Waals surface area contributed by atoms with Crippen molar-refractivity contribution in [3.8, 4) is 5.75 Å². The first-order valence-corrected chi connectivity index (χ1v) is 10.9. The number of fused-ring (bicyclic) bond motifs is 3. The van der Waals surface area contributed by atoms with E-state index in [0.29, 0.717) is 23.3 Å². The first-order chi connectivity index (χ1) is 14.0. The van der Waals surface area contributed by atoms with Gasteiger partial charge < -0.3 is 10.1 Å². The number of rotatable bonds is 5. The van der Waals surface area contributed by atoms with Crippen molar-refractivity contribution in [1.29, 1.82) is 0 Å². The van der Waals surface area contributed by atoms with Crippen LogP contribution in [0.5, 0.6) is 5.75 Å². The highest BCUT2D eigenvalue weighted by Gasteiger charge is 2.40. The van der Waals surface area contributed by atoms with Crippen LogP contribution in [0, 0.1) is 5.92 Å². The molecular weight excluding hydrogens is 384 g/mol. The van der Waals surface area contributed by atoms with Crippen molar-refractivity contribution >= 4 is 23.6 Å². The molecule has 0 spiro atoms. The van der Waals surface area contributed by atoms with Crippen molar-refractivity contribution in [3.05, 3.63) is 54.1 Å². The minimum Gasteiger partial charge on any atom is -0.427 e. The van der Waals surface area contributed by atoms with Crippen LogP contribution in [-0.4, -0.2) is 41.9 Å². The number of ether oxygens (including phenoxy) is 1. The van der Waals surface area contributed by atoms with Crippen LogP contribution < -0.4 is 10.1 Å². The molecule has 3 aliphatic heterocycles. The molecule has 3 fully saturated rings. The molecule has 3 saturated heterocycles. The molecule has 2 aromatic carbocycles. The zero-order valence-corrected chi connectivity index (χ0v) is 17.6. The molecule has 1 N–H and O–H groups in total. The van der Waals surface area contributed by atoms with Gasteiger partial charge in [-0.25, -0.2) is 0 Å². The van der Waals surface area contributed by atoms with E-state index in [2.05, 4.69) is 17.1 Å². The SMILES string of the molecule is CC(=O)Oc1cccc(Sc2ccc(C(=O)N[C@@H]3C4CCN(CC4)[C@H]3C)cc2)c1. The van der Waals surface area contributed by atoms with E-state index in [1.54, 1.807) is 17.8 Å². The van der Waals surface area contributed by atoms with Crippen LogP contribution >= 0.6 is 11.8 Å². The van der Waals surface area contributed by atoms with E-state index in [1.165, 1.54) is 19.8 Å². The van der Waals surface area contributed by atoms with Gasteiger partial charge in [-0.15, -0.1) is 0 Å². The summed E-state index contributed by atoms with van der Waals surface area (Å²) in [4.78, 5) is 28.4. The summed E-state index contributed by atoms with van der Waals surface area (Å²) in [6, 6.07) is 15.7. The molecule has 152 valence electrons. The maximum atomic E-state index is 12.8. The topological polar surface area (TPSA) is 58.6 Å². The lowest BCUT2D eigenvalue weighted by molar-refractivity contribution is -0.131. The van der Waals surface area contributed by atoms with Crippen LogP contribution in [-0.2, 0) is 4.79 Å². The highest BCUT2D eigenvalue weighted by atomic mass is 32.2.